The molecule has 2 saturated carbocycles. The van der Waals surface area contributed by atoms with Crippen molar-refractivity contribution in [3.05, 3.63) is 0 Å². The average molecular weight is 270 g/mol. The molecule has 104 valence electrons. The lowest BCUT2D eigenvalue weighted by atomic mass is 9.82. The molecule has 0 spiro atoms. The SMILES string of the molecule is CP(C(=O)O[C@@H]1C[C@@H]2CC[C@H]1C2(C)C)C(C)(C)C. The lowest BCUT2D eigenvalue weighted by molar-refractivity contribution is 0.0718. The molecular formula is C15H27O2P. The summed E-state index contributed by atoms with van der Waals surface area (Å²) in [7, 11) is -0.700. The minimum absolute atomic E-state index is 0.0551. The summed E-state index contributed by atoms with van der Waals surface area (Å²) in [5.74, 6) is 1.35. The lowest BCUT2D eigenvalue weighted by Gasteiger charge is -2.30. The van der Waals surface area contributed by atoms with Crippen molar-refractivity contribution in [3.8, 4) is 0 Å². The van der Waals surface area contributed by atoms with Crippen LogP contribution in [0.15, 0.2) is 0 Å². The number of ether oxygens (including phenoxy) is 1. The van der Waals surface area contributed by atoms with Gasteiger partial charge in [0.25, 0.3) is 0 Å². The number of hydrogen-bond acceptors (Lipinski definition) is 2. The maximum atomic E-state index is 12.2. The van der Waals surface area contributed by atoms with Crippen LogP contribution < -0.4 is 0 Å². The largest absolute Gasteiger partial charge is 0.459 e. The van der Waals surface area contributed by atoms with Crippen LogP contribution in [0.25, 0.3) is 0 Å². The molecule has 18 heavy (non-hydrogen) atoms. The van der Waals surface area contributed by atoms with E-state index in [1.54, 1.807) is 0 Å². The number of carbonyl (C=O) groups excluding carboxylic acids is 1. The van der Waals surface area contributed by atoms with Crippen LogP contribution >= 0.6 is 7.92 Å². The second-order valence-electron chi connectivity index (χ2n) is 7.59. The fourth-order valence-electron chi connectivity index (χ4n) is 3.57. The molecule has 0 aromatic carbocycles. The molecule has 4 atom stereocenters. The molecule has 0 aromatic rings. The first-order chi connectivity index (χ1) is 8.14. The van der Waals surface area contributed by atoms with Crippen molar-refractivity contribution in [2.45, 2.75) is 65.1 Å². The third-order valence-corrected chi connectivity index (χ3v) is 8.00. The zero-order valence-corrected chi connectivity index (χ0v) is 13.5. The van der Waals surface area contributed by atoms with E-state index >= 15 is 0 Å². The Kier molecular flexibility index (Phi) is 3.56. The zero-order valence-electron chi connectivity index (χ0n) is 12.6. The Labute approximate surface area is 113 Å². The van der Waals surface area contributed by atoms with Gasteiger partial charge in [0.15, 0.2) is 0 Å². The Morgan fingerprint density at radius 3 is 2.28 bits per heavy atom. The summed E-state index contributed by atoms with van der Waals surface area (Å²) in [5.41, 5.74) is 0.439. The molecule has 0 N–H and O–H groups in total. The van der Waals surface area contributed by atoms with Gasteiger partial charge in [-0.05, 0) is 42.4 Å². The summed E-state index contributed by atoms with van der Waals surface area (Å²) in [6.07, 6.45) is 3.86. The van der Waals surface area contributed by atoms with E-state index in [-0.39, 0.29) is 17.0 Å². The van der Waals surface area contributed by atoms with E-state index in [0.29, 0.717) is 11.3 Å². The van der Waals surface area contributed by atoms with Crippen LogP contribution in [0, 0.1) is 17.3 Å². The predicted octanol–water partition coefficient (Wildman–Crippen LogP) is 4.86. The molecule has 2 bridgehead atoms. The van der Waals surface area contributed by atoms with Crippen LogP contribution in [-0.2, 0) is 4.74 Å². The van der Waals surface area contributed by atoms with Gasteiger partial charge in [-0.2, -0.15) is 0 Å². The van der Waals surface area contributed by atoms with Gasteiger partial charge >= 0.3 is 5.71 Å². The van der Waals surface area contributed by atoms with Gasteiger partial charge in [0.2, 0.25) is 0 Å². The topological polar surface area (TPSA) is 26.3 Å². The fourth-order valence-corrected chi connectivity index (χ4v) is 4.41. The number of fused-ring (bicyclic) bond motifs is 2. The highest BCUT2D eigenvalue weighted by Gasteiger charge is 2.55. The fraction of sp³-hybridized carbons (Fsp3) is 0.933. The molecule has 2 rings (SSSR count). The summed E-state index contributed by atoms with van der Waals surface area (Å²) in [6, 6.07) is 0. The highest BCUT2D eigenvalue weighted by atomic mass is 31.1. The predicted molar refractivity (Wildman–Crippen MR) is 77.5 cm³/mol. The van der Waals surface area contributed by atoms with E-state index in [1.807, 2.05) is 0 Å². The second kappa shape index (κ2) is 4.47. The number of hydrogen-bond donors (Lipinski definition) is 0. The van der Waals surface area contributed by atoms with E-state index in [4.69, 9.17) is 4.74 Å². The van der Waals surface area contributed by atoms with E-state index in [0.717, 1.165) is 12.3 Å². The smallest absolute Gasteiger partial charge is 0.326 e. The first-order valence-corrected chi connectivity index (χ1v) is 8.87. The molecule has 0 radical (unpaired) electrons. The van der Waals surface area contributed by atoms with Gasteiger partial charge in [-0.15, -0.1) is 0 Å². The third kappa shape index (κ3) is 2.33. The van der Waals surface area contributed by atoms with Gasteiger partial charge in [-0.3, -0.25) is 0 Å². The van der Waals surface area contributed by atoms with E-state index in [1.165, 1.54) is 12.8 Å². The highest BCUT2D eigenvalue weighted by molar-refractivity contribution is 7.74. The standard InChI is InChI=1S/C15H27O2P/c1-14(2,3)18(6)13(16)17-12-9-10-7-8-11(12)15(10,4)5/h10-12H,7-9H2,1-6H3/t10-,11+,12+,18?/m0/s1. The maximum absolute atomic E-state index is 12.2. The van der Waals surface area contributed by atoms with E-state index in [2.05, 4.69) is 41.3 Å². The summed E-state index contributed by atoms with van der Waals surface area (Å²) < 4.78 is 5.86. The summed E-state index contributed by atoms with van der Waals surface area (Å²) in [5, 5.41) is 0.0551. The van der Waals surface area contributed by atoms with Crippen LogP contribution in [0.5, 0.6) is 0 Å². The molecule has 2 fully saturated rings. The molecule has 0 amide bonds. The minimum Gasteiger partial charge on any atom is -0.459 e. The summed E-state index contributed by atoms with van der Waals surface area (Å²) >= 11 is 0. The average Bonchev–Trinajstić information content (AvgIpc) is 2.64. The molecule has 0 aromatic heterocycles. The highest BCUT2D eigenvalue weighted by Crippen LogP contribution is 2.59. The molecule has 2 aliphatic rings. The lowest BCUT2D eigenvalue weighted by Crippen LogP contribution is -2.28. The molecule has 1 unspecified atom stereocenters. The molecule has 2 aliphatic carbocycles. The van der Waals surface area contributed by atoms with Crippen LogP contribution in [0.4, 0.5) is 4.79 Å². The van der Waals surface area contributed by atoms with Crippen molar-refractivity contribution in [1.82, 2.24) is 0 Å². The van der Waals surface area contributed by atoms with Crippen LogP contribution in [0.1, 0.15) is 53.9 Å². The van der Waals surface area contributed by atoms with Crippen molar-refractivity contribution < 1.29 is 9.53 Å². The van der Waals surface area contributed by atoms with Gasteiger partial charge in [-0.1, -0.05) is 34.6 Å². The van der Waals surface area contributed by atoms with Crippen molar-refractivity contribution in [3.63, 3.8) is 0 Å². The quantitative estimate of drug-likeness (QED) is 0.670. The maximum Gasteiger partial charge on any atom is 0.326 e. The van der Waals surface area contributed by atoms with Gasteiger partial charge in [0.1, 0.15) is 6.10 Å². The van der Waals surface area contributed by atoms with Crippen molar-refractivity contribution >= 4 is 13.6 Å². The van der Waals surface area contributed by atoms with E-state index < -0.39 is 7.92 Å². The Morgan fingerprint density at radius 1 is 1.28 bits per heavy atom. The molecular weight excluding hydrogens is 243 g/mol. The molecule has 2 nitrogen and oxygen atoms in total. The van der Waals surface area contributed by atoms with Crippen molar-refractivity contribution in [2.24, 2.45) is 17.3 Å². The van der Waals surface area contributed by atoms with Gasteiger partial charge in [0.05, 0.1) is 0 Å². The summed E-state index contributed by atoms with van der Waals surface area (Å²) in [4.78, 5) is 12.2. The van der Waals surface area contributed by atoms with Crippen molar-refractivity contribution in [2.75, 3.05) is 6.66 Å². The second-order valence-corrected chi connectivity index (χ2v) is 10.4. The van der Waals surface area contributed by atoms with Crippen molar-refractivity contribution in [1.29, 1.82) is 0 Å². The molecule has 0 heterocycles. The Balaban J connectivity index is 1.99. The van der Waals surface area contributed by atoms with Crippen LogP contribution in [0.2, 0.25) is 0 Å². The minimum atomic E-state index is -0.700. The summed E-state index contributed by atoms with van der Waals surface area (Å²) in [6.45, 7) is 13.1. The molecule has 0 aliphatic heterocycles. The van der Waals surface area contributed by atoms with Crippen LogP contribution in [0.3, 0.4) is 0 Å². The number of rotatable bonds is 2. The van der Waals surface area contributed by atoms with Gasteiger partial charge < -0.3 is 4.74 Å². The number of carbonyl (C=O) groups is 1. The first kappa shape index (κ1) is 14.3. The Morgan fingerprint density at radius 2 is 1.89 bits per heavy atom. The Bertz CT molecular complexity index is 343. The Hall–Kier alpha value is -0.100. The normalized spacial score (nSPS) is 35.6. The van der Waals surface area contributed by atoms with Gasteiger partial charge in [-0.25, -0.2) is 4.79 Å². The zero-order chi connectivity index (χ0) is 13.7. The monoisotopic (exact) mass is 270 g/mol. The third-order valence-electron chi connectivity index (χ3n) is 5.33. The van der Waals surface area contributed by atoms with Gasteiger partial charge in [0, 0.05) is 13.8 Å². The molecule has 0 saturated heterocycles. The molecule has 3 heteroatoms. The van der Waals surface area contributed by atoms with Crippen LogP contribution in [-0.4, -0.2) is 23.6 Å². The first-order valence-electron chi connectivity index (χ1n) is 7.08. The van der Waals surface area contributed by atoms with E-state index in [9.17, 15) is 4.79 Å².